The number of halogens is 1. The van der Waals surface area contributed by atoms with Gasteiger partial charge in [0.25, 0.3) is 11.8 Å². The van der Waals surface area contributed by atoms with Crippen molar-refractivity contribution < 1.29 is 14.3 Å². The first-order chi connectivity index (χ1) is 14.1. The number of carbonyl (C=O) groups excluding carboxylic acids is 2. The minimum atomic E-state index is -0.263. The van der Waals surface area contributed by atoms with Gasteiger partial charge in [-0.15, -0.1) is 0 Å². The van der Waals surface area contributed by atoms with Crippen LogP contribution < -0.4 is 15.0 Å². The van der Waals surface area contributed by atoms with Gasteiger partial charge in [0.1, 0.15) is 5.75 Å². The predicted octanol–water partition coefficient (Wildman–Crippen LogP) is 4.67. The summed E-state index contributed by atoms with van der Waals surface area (Å²) in [5.41, 5.74) is 3.37. The van der Waals surface area contributed by atoms with Crippen LogP contribution in [0.4, 0.5) is 11.4 Å². The molecule has 0 radical (unpaired) electrons. The number of ether oxygens (including phenoxy) is 1. The van der Waals surface area contributed by atoms with Crippen LogP contribution in [0.5, 0.6) is 5.75 Å². The molecular weight excluding hydrogens is 432 g/mol. The van der Waals surface area contributed by atoms with E-state index in [0.717, 1.165) is 16.6 Å². The van der Waals surface area contributed by atoms with Gasteiger partial charge in [0, 0.05) is 28.0 Å². The second-order valence-electron chi connectivity index (χ2n) is 6.70. The fourth-order valence-corrected chi connectivity index (χ4v) is 3.54. The van der Waals surface area contributed by atoms with E-state index >= 15 is 0 Å². The van der Waals surface area contributed by atoms with E-state index in [2.05, 4.69) is 27.3 Å². The molecule has 0 unspecified atom stereocenters. The third kappa shape index (κ3) is 4.49. The van der Waals surface area contributed by atoms with E-state index < -0.39 is 0 Å². The number of fused-ring (bicyclic) bond motifs is 1. The van der Waals surface area contributed by atoms with Crippen molar-refractivity contribution in [1.82, 2.24) is 0 Å². The second-order valence-corrected chi connectivity index (χ2v) is 7.62. The Balaban J connectivity index is 1.35. The van der Waals surface area contributed by atoms with E-state index in [1.165, 1.54) is 5.56 Å². The molecule has 0 saturated carbocycles. The lowest BCUT2D eigenvalue weighted by Crippen LogP contribution is -2.28. The third-order valence-corrected chi connectivity index (χ3v) is 5.26. The molecule has 2 amide bonds. The average Bonchev–Trinajstić information content (AvgIpc) is 3.17. The zero-order valence-electron chi connectivity index (χ0n) is 15.6. The molecule has 3 aromatic rings. The van der Waals surface area contributed by atoms with Crippen LogP contribution >= 0.6 is 15.9 Å². The van der Waals surface area contributed by atoms with Crippen molar-refractivity contribution in [3.63, 3.8) is 0 Å². The van der Waals surface area contributed by atoms with Gasteiger partial charge in [-0.1, -0.05) is 34.1 Å². The number of benzene rings is 3. The number of rotatable bonds is 5. The molecule has 0 atom stereocenters. The summed E-state index contributed by atoms with van der Waals surface area (Å²) >= 11 is 3.35. The molecule has 0 aliphatic carbocycles. The quantitative estimate of drug-likeness (QED) is 0.614. The number of para-hydroxylation sites is 1. The molecule has 5 nitrogen and oxygen atoms in total. The summed E-state index contributed by atoms with van der Waals surface area (Å²) < 4.78 is 6.41. The van der Waals surface area contributed by atoms with Crippen molar-refractivity contribution in [2.45, 2.75) is 6.42 Å². The Kier molecular flexibility index (Phi) is 5.62. The normalized spacial score (nSPS) is 12.4. The molecule has 0 saturated heterocycles. The number of nitrogens with zero attached hydrogens (tertiary/aromatic N) is 1. The zero-order chi connectivity index (χ0) is 20.2. The topological polar surface area (TPSA) is 58.6 Å². The molecule has 0 fully saturated rings. The predicted molar refractivity (Wildman–Crippen MR) is 117 cm³/mol. The van der Waals surface area contributed by atoms with Gasteiger partial charge in [-0.3, -0.25) is 9.59 Å². The van der Waals surface area contributed by atoms with Crippen LogP contribution in [0, 0.1) is 0 Å². The Morgan fingerprint density at radius 1 is 0.966 bits per heavy atom. The van der Waals surface area contributed by atoms with Crippen LogP contribution in [-0.4, -0.2) is 25.0 Å². The van der Waals surface area contributed by atoms with Crippen LogP contribution in [0.2, 0.25) is 0 Å². The largest absolute Gasteiger partial charge is 0.484 e. The molecule has 6 heteroatoms. The van der Waals surface area contributed by atoms with Gasteiger partial charge in [0.05, 0.1) is 0 Å². The average molecular weight is 451 g/mol. The molecule has 1 N–H and O–H groups in total. The Labute approximate surface area is 177 Å². The van der Waals surface area contributed by atoms with Gasteiger partial charge < -0.3 is 15.0 Å². The summed E-state index contributed by atoms with van der Waals surface area (Å²) in [4.78, 5) is 26.7. The molecule has 3 aromatic carbocycles. The van der Waals surface area contributed by atoms with Crippen molar-refractivity contribution in [1.29, 1.82) is 0 Å². The molecular formula is C23H19BrN2O3. The molecule has 0 bridgehead atoms. The lowest BCUT2D eigenvalue weighted by Gasteiger charge is -2.17. The van der Waals surface area contributed by atoms with Gasteiger partial charge in [0.2, 0.25) is 0 Å². The standard InChI is InChI=1S/C23H19BrN2O3/c24-18-7-11-20(12-8-18)29-15-22(27)25-19-9-5-17(6-10-19)23(28)26-14-13-16-3-1-2-4-21(16)26/h1-12H,13-15H2,(H,25,27). The summed E-state index contributed by atoms with van der Waals surface area (Å²) in [6.07, 6.45) is 0.869. The van der Waals surface area contributed by atoms with Crippen LogP contribution in [0.1, 0.15) is 15.9 Å². The fraction of sp³-hybridized carbons (Fsp3) is 0.130. The lowest BCUT2D eigenvalue weighted by atomic mass is 10.1. The van der Waals surface area contributed by atoms with Crippen molar-refractivity contribution in [2.75, 3.05) is 23.4 Å². The van der Waals surface area contributed by atoms with Gasteiger partial charge in [0.15, 0.2) is 6.61 Å². The highest BCUT2D eigenvalue weighted by Crippen LogP contribution is 2.29. The van der Waals surface area contributed by atoms with Crippen molar-refractivity contribution in [3.8, 4) is 5.75 Å². The highest BCUT2D eigenvalue weighted by molar-refractivity contribution is 9.10. The van der Waals surface area contributed by atoms with Gasteiger partial charge >= 0.3 is 0 Å². The SMILES string of the molecule is O=C(COc1ccc(Br)cc1)Nc1ccc(C(=O)N2CCc3ccccc32)cc1. The minimum Gasteiger partial charge on any atom is -0.484 e. The molecule has 4 rings (SSSR count). The summed E-state index contributed by atoms with van der Waals surface area (Å²) in [6, 6.07) is 22.1. The third-order valence-electron chi connectivity index (χ3n) is 4.73. The molecule has 1 aliphatic heterocycles. The van der Waals surface area contributed by atoms with E-state index in [1.807, 2.05) is 30.3 Å². The van der Waals surface area contributed by atoms with Crippen molar-refractivity contribution >= 4 is 39.1 Å². The molecule has 1 aliphatic rings. The number of anilines is 2. The van der Waals surface area contributed by atoms with Crippen molar-refractivity contribution in [2.24, 2.45) is 0 Å². The summed E-state index contributed by atoms with van der Waals surface area (Å²) in [5.74, 6) is 0.321. The lowest BCUT2D eigenvalue weighted by molar-refractivity contribution is -0.118. The smallest absolute Gasteiger partial charge is 0.262 e. The van der Waals surface area contributed by atoms with E-state index in [-0.39, 0.29) is 18.4 Å². The number of amides is 2. The number of nitrogens with one attached hydrogen (secondary N) is 1. The molecule has 1 heterocycles. The Morgan fingerprint density at radius 3 is 2.45 bits per heavy atom. The first kappa shape index (κ1) is 19.2. The summed E-state index contributed by atoms with van der Waals surface area (Å²) in [5, 5.41) is 2.78. The Hall–Kier alpha value is -3.12. The van der Waals surface area contributed by atoms with Gasteiger partial charge in [-0.05, 0) is 66.6 Å². The molecule has 0 aromatic heterocycles. The minimum absolute atomic E-state index is 0.0357. The zero-order valence-corrected chi connectivity index (χ0v) is 17.2. The van der Waals surface area contributed by atoms with Crippen molar-refractivity contribution in [3.05, 3.63) is 88.4 Å². The van der Waals surface area contributed by atoms with Crippen LogP contribution in [0.3, 0.4) is 0 Å². The van der Waals surface area contributed by atoms with Gasteiger partial charge in [-0.2, -0.15) is 0 Å². The number of hydrogen-bond donors (Lipinski definition) is 1. The first-order valence-electron chi connectivity index (χ1n) is 9.28. The van der Waals surface area contributed by atoms with E-state index in [9.17, 15) is 9.59 Å². The van der Waals surface area contributed by atoms with E-state index in [0.29, 0.717) is 23.5 Å². The van der Waals surface area contributed by atoms with Crippen LogP contribution in [0.15, 0.2) is 77.3 Å². The molecule has 0 spiro atoms. The number of hydrogen-bond acceptors (Lipinski definition) is 3. The highest BCUT2D eigenvalue weighted by atomic mass is 79.9. The maximum absolute atomic E-state index is 12.8. The summed E-state index contributed by atoms with van der Waals surface area (Å²) in [7, 11) is 0. The Bertz CT molecular complexity index is 1030. The summed E-state index contributed by atoms with van der Waals surface area (Å²) in [6.45, 7) is 0.594. The second kappa shape index (κ2) is 8.49. The molecule has 29 heavy (non-hydrogen) atoms. The molecule has 146 valence electrons. The van der Waals surface area contributed by atoms with E-state index in [4.69, 9.17) is 4.74 Å². The maximum Gasteiger partial charge on any atom is 0.262 e. The van der Waals surface area contributed by atoms with Crippen LogP contribution in [-0.2, 0) is 11.2 Å². The first-order valence-corrected chi connectivity index (χ1v) is 10.1. The highest BCUT2D eigenvalue weighted by Gasteiger charge is 2.24. The van der Waals surface area contributed by atoms with Gasteiger partial charge in [-0.25, -0.2) is 0 Å². The Morgan fingerprint density at radius 2 is 1.69 bits per heavy atom. The maximum atomic E-state index is 12.8. The fourth-order valence-electron chi connectivity index (χ4n) is 3.28. The van der Waals surface area contributed by atoms with Crippen LogP contribution in [0.25, 0.3) is 0 Å². The monoisotopic (exact) mass is 450 g/mol. The van der Waals surface area contributed by atoms with E-state index in [1.54, 1.807) is 41.3 Å². The number of carbonyl (C=O) groups is 2.